The molecule has 1 aromatic carbocycles. The number of nitrogen functional groups attached to an aromatic ring is 1. The van der Waals surface area contributed by atoms with Crippen molar-refractivity contribution in [1.82, 2.24) is 19.9 Å². The Labute approximate surface area is 146 Å². The fraction of sp³-hybridized carbons (Fsp3) is 0.0833. The summed E-state index contributed by atoms with van der Waals surface area (Å²) in [5, 5.41) is 6.68. The monoisotopic (exact) mass is 386 g/mol. The number of hydrogen-bond acceptors (Lipinski definition) is 7. The van der Waals surface area contributed by atoms with Crippen LogP contribution < -0.4 is 16.1 Å². The zero-order valence-corrected chi connectivity index (χ0v) is 14.6. The predicted molar refractivity (Wildman–Crippen MR) is 92.5 cm³/mol. The van der Waals surface area contributed by atoms with Gasteiger partial charge < -0.3 is 5.84 Å². The molecule has 3 aromatic rings. The smallest absolute Gasteiger partial charge is 0.284 e. The molecular weight excluding hydrogens is 376 g/mol. The number of sulfonamides is 1. The van der Waals surface area contributed by atoms with Gasteiger partial charge in [0.25, 0.3) is 15.6 Å². The molecule has 2 aromatic heterocycles. The van der Waals surface area contributed by atoms with Crippen LogP contribution in [0.25, 0.3) is 11.0 Å². The van der Waals surface area contributed by atoms with E-state index in [-0.39, 0.29) is 26.8 Å². The highest BCUT2D eigenvalue weighted by Crippen LogP contribution is 2.28. The number of aryl methyl sites for hydroxylation is 1. The summed E-state index contributed by atoms with van der Waals surface area (Å²) in [5.74, 6) is 5.25. The van der Waals surface area contributed by atoms with Gasteiger partial charge in [-0.15, -0.1) is 12.6 Å². The number of rotatable bonds is 3. The van der Waals surface area contributed by atoms with Crippen LogP contribution in [0.1, 0.15) is 5.56 Å². The first-order chi connectivity index (χ1) is 11.2. The number of benzene rings is 1. The van der Waals surface area contributed by atoms with Crippen LogP contribution in [0, 0.1) is 6.92 Å². The van der Waals surface area contributed by atoms with E-state index in [1.54, 1.807) is 6.92 Å². The predicted octanol–water partition coefficient (Wildman–Crippen LogP) is 0.885. The van der Waals surface area contributed by atoms with E-state index in [2.05, 4.69) is 32.5 Å². The highest BCUT2D eigenvalue weighted by molar-refractivity contribution is 7.93. The van der Waals surface area contributed by atoms with Gasteiger partial charge in [-0.05, 0) is 24.6 Å². The van der Waals surface area contributed by atoms with Gasteiger partial charge in [0.15, 0.2) is 5.65 Å². The van der Waals surface area contributed by atoms with Crippen molar-refractivity contribution < 1.29 is 8.42 Å². The van der Waals surface area contributed by atoms with Crippen LogP contribution in [0.15, 0.2) is 32.9 Å². The Hall–Kier alpha value is -2.24. The molecule has 0 saturated heterocycles. The van der Waals surface area contributed by atoms with Gasteiger partial charge in [0.1, 0.15) is 10.3 Å². The van der Waals surface area contributed by atoms with E-state index < -0.39 is 15.6 Å². The number of anilines is 1. The van der Waals surface area contributed by atoms with Gasteiger partial charge in [-0.25, -0.2) is 13.1 Å². The Morgan fingerprint density at radius 2 is 2.12 bits per heavy atom. The summed E-state index contributed by atoms with van der Waals surface area (Å²) in [6.07, 6.45) is 1.25. The maximum atomic E-state index is 12.6. The molecule has 3 rings (SSSR count). The van der Waals surface area contributed by atoms with Crippen molar-refractivity contribution in [1.29, 1.82) is 0 Å². The van der Waals surface area contributed by atoms with Gasteiger partial charge in [-0.2, -0.15) is 14.8 Å². The summed E-state index contributed by atoms with van der Waals surface area (Å²) in [6.45, 7) is 1.66. The molecule has 0 saturated carbocycles. The Morgan fingerprint density at radius 1 is 1.42 bits per heavy atom. The molecule has 0 atom stereocenters. The summed E-state index contributed by atoms with van der Waals surface area (Å²) >= 11 is 10.1. The van der Waals surface area contributed by atoms with Crippen LogP contribution in [0.3, 0.4) is 0 Å². The van der Waals surface area contributed by atoms with E-state index in [1.807, 2.05) is 0 Å². The van der Waals surface area contributed by atoms with Crippen molar-refractivity contribution in [2.45, 2.75) is 16.7 Å². The molecular formula is C12H11ClN6O3S2. The minimum Gasteiger partial charge on any atom is -0.333 e. The Morgan fingerprint density at radius 3 is 2.83 bits per heavy atom. The maximum absolute atomic E-state index is 12.6. The van der Waals surface area contributed by atoms with Gasteiger partial charge in [0, 0.05) is 9.92 Å². The number of H-pyrrole nitrogens is 1. The standard InChI is InChI=1S/C12H11ClN6O3S2/c1-5-2-9(8(23)3-7(5)13)24(21,22)18-12-16-10-6(4-15-17-10)11(20)19(12)14/h2-4,23H,14H2,1H3,(H2,15,16,17,18). The molecule has 0 aliphatic carbocycles. The van der Waals surface area contributed by atoms with Crippen molar-refractivity contribution in [3.05, 3.63) is 39.3 Å². The molecule has 0 aliphatic heterocycles. The van der Waals surface area contributed by atoms with Gasteiger partial charge in [0.2, 0.25) is 5.95 Å². The minimum absolute atomic E-state index is 0.109. The Balaban J connectivity index is 2.12. The number of thiol groups is 1. The fourth-order valence-corrected chi connectivity index (χ4v) is 3.97. The highest BCUT2D eigenvalue weighted by atomic mass is 35.5. The van der Waals surface area contributed by atoms with Gasteiger partial charge >= 0.3 is 0 Å². The number of aromatic nitrogens is 4. The van der Waals surface area contributed by atoms with Gasteiger partial charge in [-0.1, -0.05) is 11.6 Å². The average Bonchev–Trinajstić information content (AvgIpc) is 2.96. The number of nitrogens with two attached hydrogens (primary N) is 1. The molecule has 4 N–H and O–H groups in total. The van der Waals surface area contributed by atoms with Crippen molar-refractivity contribution in [3.8, 4) is 0 Å². The number of aromatic amines is 1. The first-order valence-corrected chi connectivity index (χ1v) is 8.74. The van der Waals surface area contributed by atoms with E-state index in [4.69, 9.17) is 17.4 Å². The molecule has 0 fully saturated rings. The largest absolute Gasteiger partial charge is 0.333 e. The number of hydrogen-bond donors (Lipinski definition) is 4. The zero-order chi connectivity index (χ0) is 17.6. The number of nitrogens with one attached hydrogen (secondary N) is 2. The zero-order valence-electron chi connectivity index (χ0n) is 12.1. The van der Waals surface area contributed by atoms with E-state index >= 15 is 0 Å². The molecule has 0 unspecified atom stereocenters. The maximum Gasteiger partial charge on any atom is 0.284 e. The van der Waals surface area contributed by atoms with Crippen LogP contribution >= 0.6 is 24.2 Å². The third-order valence-electron chi connectivity index (χ3n) is 3.27. The van der Waals surface area contributed by atoms with Gasteiger partial charge in [-0.3, -0.25) is 9.89 Å². The number of nitrogens with zero attached hydrogens (tertiary/aromatic N) is 3. The van der Waals surface area contributed by atoms with Crippen molar-refractivity contribution in [2.75, 3.05) is 10.6 Å². The summed E-state index contributed by atoms with van der Waals surface area (Å²) in [4.78, 5) is 16.0. The van der Waals surface area contributed by atoms with Crippen molar-refractivity contribution in [2.24, 2.45) is 0 Å². The third kappa shape index (κ3) is 2.70. The van der Waals surface area contributed by atoms with Crippen molar-refractivity contribution in [3.63, 3.8) is 0 Å². The summed E-state index contributed by atoms with van der Waals surface area (Å²) in [6, 6.07) is 2.77. The summed E-state index contributed by atoms with van der Waals surface area (Å²) < 4.78 is 27.9. The molecule has 12 heteroatoms. The first kappa shape index (κ1) is 16.6. The first-order valence-electron chi connectivity index (χ1n) is 6.44. The van der Waals surface area contributed by atoms with Gasteiger partial charge in [0.05, 0.1) is 6.20 Å². The van der Waals surface area contributed by atoms with E-state index in [0.717, 1.165) is 0 Å². The molecule has 24 heavy (non-hydrogen) atoms. The molecule has 126 valence electrons. The number of halogens is 1. The van der Waals surface area contributed by atoms with Crippen LogP contribution in [0.4, 0.5) is 5.95 Å². The van der Waals surface area contributed by atoms with Crippen LogP contribution in [0.5, 0.6) is 0 Å². The Bertz CT molecular complexity index is 1120. The lowest BCUT2D eigenvalue weighted by Crippen LogP contribution is -2.32. The van der Waals surface area contributed by atoms with Crippen molar-refractivity contribution >= 4 is 51.2 Å². The second kappa shape index (κ2) is 5.69. The molecule has 0 spiro atoms. The molecule has 0 radical (unpaired) electrons. The lowest BCUT2D eigenvalue weighted by Gasteiger charge is -2.12. The molecule has 0 aliphatic rings. The SMILES string of the molecule is Cc1cc(S(=O)(=O)Nc2nc3[nH]ncc3c(=O)n2N)c(S)cc1Cl. The Kier molecular flexibility index (Phi) is 3.94. The average molecular weight is 387 g/mol. The van der Waals surface area contributed by atoms with Crippen LogP contribution in [-0.2, 0) is 10.0 Å². The van der Waals surface area contributed by atoms with E-state index in [1.165, 1.54) is 18.3 Å². The topological polar surface area (TPSA) is 136 Å². The van der Waals surface area contributed by atoms with Crippen LogP contribution in [-0.4, -0.2) is 28.3 Å². The molecule has 2 heterocycles. The molecule has 0 amide bonds. The highest BCUT2D eigenvalue weighted by Gasteiger charge is 2.22. The lowest BCUT2D eigenvalue weighted by atomic mass is 10.2. The third-order valence-corrected chi connectivity index (χ3v) is 5.57. The molecule has 0 bridgehead atoms. The van der Waals surface area contributed by atoms with E-state index in [9.17, 15) is 13.2 Å². The second-order valence-corrected chi connectivity index (χ2v) is 7.46. The minimum atomic E-state index is -4.10. The normalized spacial score (nSPS) is 11.8. The van der Waals surface area contributed by atoms with E-state index in [0.29, 0.717) is 15.3 Å². The second-order valence-electron chi connectivity index (χ2n) is 4.92. The summed E-state index contributed by atoms with van der Waals surface area (Å²) in [7, 11) is -4.10. The quantitative estimate of drug-likeness (QED) is 0.390. The lowest BCUT2D eigenvalue weighted by molar-refractivity contribution is 0.598. The fourth-order valence-electron chi connectivity index (χ4n) is 2.01. The molecule has 9 nitrogen and oxygen atoms in total. The number of fused-ring (bicyclic) bond motifs is 1. The summed E-state index contributed by atoms with van der Waals surface area (Å²) in [5.41, 5.74) is 0.0135. The van der Waals surface area contributed by atoms with Crippen LogP contribution in [0.2, 0.25) is 5.02 Å².